The summed E-state index contributed by atoms with van der Waals surface area (Å²) in [6, 6.07) is 0. The maximum Gasteiger partial charge on any atom is 0.258 e. The second-order valence-corrected chi connectivity index (χ2v) is 4.89. The molecular formula is C10H14ClN7O. The molecule has 0 fully saturated rings. The van der Waals surface area contributed by atoms with Gasteiger partial charge in [-0.05, 0) is 31.9 Å². The smallest absolute Gasteiger partial charge is 0.258 e. The highest BCUT2D eigenvalue weighted by molar-refractivity contribution is 6.28. The minimum atomic E-state index is -0.362. The first-order valence-electron chi connectivity index (χ1n) is 5.66. The van der Waals surface area contributed by atoms with Gasteiger partial charge in [0.05, 0.1) is 0 Å². The van der Waals surface area contributed by atoms with Gasteiger partial charge in [0.25, 0.3) is 5.95 Å². The average Bonchev–Trinajstić information content (AvgIpc) is 2.80. The van der Waals surface area contributed by atoms with E-state index in [0.717, 1.165) is 0 Å². The molecule has 0 unspecified atom stereocenters. The van der Waals surface area contributed by atoms with Crippen LogP contribution in [0.2, 0.25) is 5.28 Å². The summed E-state index contributed by atoms with van der Waals surface area (Å²) in [5, 5.41) is 16.1. The standard InChI is InChI=1S/C10H14ClN7O/c1-10(2,3-4-19)17-8-14-7(11)15-9(16-8)18-6-12-5-13-18/h5-6,19H,3-4H2,1-2H3,(H,14,15,16,17). The van der Waals surface area contributed by atoms with Crippen molar-refractivity contribution in [1.29, 1.82) is 0 Å². The van der Waals surface area contributed by atoms with Crippen molar-refractivity contribution in [2.45, 2.75) is 25.8 Å². The fourth-order valence-corrected chi connectivity index (χ4v) is 1.61. The Morgan fingerprint density at radius 2 is 2.16 bits per heavy atom. The third-order valence-corrected chi connectivity index (χ3v) is 2.58. The zero-order valence-corrected chi connectivity index (χ0v) is 11.3. The minimum absolute atomic E-state index is 0.0581. The molecule has 19 heavy (non-hydrogen) atoms. The molecule has 0 amide bonds. The molecule has 9 heteroatoms. The molecule has 0 radical (unpaired) electrons. The molecule has 2 aromatic rings. The Labute approximate surface area is 114 Å². The largest absolute Gasteiger partial charge is 0.396 e. The number of nitrogens with zero attached hydrogens (tertiary/aromatic N) is 6. The average molecular weight is 284 g/mol. The molecule has 0 atom stereocenters. The topological polar surface area (TPSA) is 102 Å². The van der Waals surface area contributed by atoms with Crippen molar-refractivity contribution in [2.75, 3.05) is 11.9 Å². The van der Waals surface area contributed by atoms with E-state index in [4.69, 9.17) is 16.7 Å². The maximum absolute atomic E-state index is 9.00. The molecule has 0 aliphatic carbocycles. The number of aromatic nitrogens is 6. The van der Waals surface area contributed by atoms with Gasteiger partial charge >= 0.3 is 0 Å². The Bertz CT molecular complexity index is 543. The third kappa shape index (κ3) is 3.58. The van der Waals surface area contributed by atoms with Crippen LogP contribution in [-0.2, 0) is 0 Å². The summed E-state index contributed by atoms with van der Waals surface area (Å²) in [4.78, 5) is 16.0. The Morgan fingerprint density at radius 3 is 2.79 bits per heavy atom. The highest BCUT2D eigenvalue weighted by Crippen LogP contribution is 2.16. The van der Waals surface area contributed by atoms with Gasteiger partial charge in [0, 0.05) is 12.1 Å². The van der Waals surface area contributed by atoms with Crippen molar-refractivity contribution >= 4 is 17.5 Å². The molecule has 0 aliphatic heterocycles. The van der Waals surface area contributed by atoms with Gasteiger partial charge in [-0.2, -0.15) is 24.7 Å². The van der Waals surface area contributed by atoms with Crippen molar-refractivity contribution in [2.24, 2.45) is 0 Å². The predicted molar refractivity (Wildman–Crippen MR) is 69.2 cm³/mol. The van der Waals surface area contributed by atoms with Crippen LogP contribution in [0, 0.1) is 0 Å². The van der Waals surface area contributed by atoms with E-state index in [2.05, 4.69) is 30.4 Å². The van der Waals surface area contributed by atoms with Crippen LogP contribution in [0.3, 0.4) is 0 Å². The van der Waals surface area contributed by atoms with Crippen LogP contribution in [0.4, 0.5) is 5.95 Å². The van der Waals surface area contributed by atoms with Gasteiger partial charge in [-0.15, -0.1) is 0 Å². The Kier molecular flexibility index (Phi) is 3.91. The highest BCUT2D eigenvalue weighted by atomic mass is 35.5. The molecule has 0 aliphatic rings. The second kappa shape index (κ2) is 5.45. The van der Waals surface area contributed by atoms with E-state index in [0.29, 0.717) is 12.4 Å². The van der Waals surface area contributed by atoms with Gasteiger partial charge in [0.2, 0.25) is 11.2 Å². The van der Waals surface area contributed by atoms with Gasteiger partial charge in [0.15, 0.2) is 0 Å². The van der Waals surface area contributed by atoms with Crippen LogP contribution < -0.4 is 5.32 Å². The number of rotatable bonds is 5. The molecule has 0 aromatic carbocycles. The summed E-state index contributed by atoms with van der Waals surface area (Å²) >= 11 is 5.86. The van der Waals surface area contributed by atoms with Gasteiger partial charge < -0.3 is 10.4 Å². The summed E-state index contributed by atoms with van der Waals surface area (Å²) in [7, 11) is 0. The van der Waals surface area contributed by atoms with E-state index in [1.807, 2.05) is 13.8 Å². The number of halogens is 1. The van der Waals surface area contributed by atoms with Crippen LogP contribution in [0.1, 0.15) is 20.3 Å². The van der Waals surface area contributed by atoms with E-state index in [9.17, 15) is 0 Å². The number of anilines is 1. The van der Waals surface area contributed by atoms with Gasteiger partial charge in [-0.1, -0.05) is 0 Å². The van der Waals surface area contributed by atoms with Gasteiger partial charge in [-0.3, -0.25) is 0 Å². The summed E-state index contributed by atoms with van der Waals surface area (Å²) < 4.78 is 1.39. The summed E-state index contributed by atoms with van der Waals surface area (Å²) in [6.07, 6.45) is 3.39. The van der Waals surface area contributed by atoms with E-state index in [1.54, 1.807) is 0 Å². The Hall–Kier alpha value is -1.80. The zero-order valence-electron chi connectivity index (χ0n) is 10.6. The van der Waals surface area contributed by atoms with Gasteiger partial charge in [-0.25, -0.2) is 4.98 Å². The lowest BCUT2D eigenvalue weighted by Gasteiger charge is -2.25. The Balaban J connectivity index is 2.27. The third-order valence-electron chi connectivity index (χ3n) is 2.41. The lowest BCUT2D eigenvalue weighted by Crippen LogP contribution is -2.33. The maximum atomic E-state index is 9.00. The van der Waals surface area contributed by atoms with Crippen LogP contribution >= 0.6 is 11.6 Å². The molecule has 2 N–H and O–H groups in total. The quantitative estimate of drug-likeness (QED) is 0.832. The fourth-order valence-electron chi connectivity index (χ4n) is 1.45. The lowest BCUT2D eigenvalue weighted by atomic mass is 10.0. The first kappa shape index (κ1) is 13.6. The molecule has 2 aromatic heterocycles. The number of hydrogen-bond acceptors (Lipinski definition) is 7. The SMILES string of the molecule is CC(C)(CCO)Nc1nc(Cl)nc(-n2cncn2)n1. The molecule has 0 spiro atoms. The number of nitrogens with one attached hydrogen (secondary N) is 1. The van der Waals surface area contributed by atoms with E-state index in [1.165, 1.54) is 17.3 Å². The van der Waals surface area contributed by atoms with E-state index < -0.39 is 0 Å². The van der Waals surface area contributed by atoms with Crippen LogP contribution in [0.5, 0.6) is 0 Å². The molecule has 102 valence electrons. The number of aliphatic hydroxyl groups is 1. The second-order valence-electron chi connectivity index (χ2n) is 4.55. The summed E-state index contributed by atoms with van der Waals surface area (Å²) in [5.41, 5.74) is -0.362. The number of hydrogen-bond donors (Lipinski definition) is 2. The zero-order chi connectivity index (χ0) is 13.9. The molecule has 2 heterocycles. The van der Waals surface area contributed by atoms with Crippen LogP contribution in [-0.4, -0.2) is 47.0 Å². The van der Waals surface area contributed by atoms with Crippen LogP contribution in [0.15, 0.2) is 12.7 Å². The molecule has 8 nitrogen and oxygen atoms in total. The van der Waals surface area contributed by atoms with E-state index >= 15 is 0 Å². The first-order valence-corrected chi connectivity index (χ1v) is 6.03. The lowest BCUT2D eigenvalue weighted by molar-refractivity contribution is 0.260. The predicted octanol–water partition coefficient (Wildman–Crippen LogP) is 0.679. The van der Waals surface area contributed by atoms with Crippen molar-refractivity contribution in [1.82, 2.24) is 29.7 Å². The highest BCUT2D eigenvalue weighted by Gasteiger charge is 2.19. The molecule has 0 saturated carbocycles. The van der Waals surface area contributed by atoms with Gasteiger partial charge in [0.1, 0.15) is 12.7 Å². The van der Waals surface area contributed by atoms with Crippen molar-refractivity contribution in [3.63, 3.8) is 0 Å². The minimum Gasteiger partial charge on any atom is -0.396 e. The monoisotopic (exact) mass is 283 g/mol. The molecular weight excluding hydrogens is 270 g/mol. The summed E-state index contributed by atoms with van der Waals surface area (Å²) in [6.45, 7) is 3.92. The normalized spacial score (nSPS) is 11.6. The van der Waals surface area contributed by atoms with E-state index in [-0.39, 0.29) is 23.4 Å². The first-order chi connectivity index (χ1) is 9.00. The van der Waals surface area contributed by atoms with Crippen molar-refractivity contribution in [3.05, 3.63) is 17.9 Å². The Morgan fingerprint density at radius 1 is 1.37 bits per heavy atom. The van der Waals surface area contributed by atoms with Crippen molar-refractivity contribution < 1.29 is 5.11 Å². The number of aliphatic hydroxyl groups excluding tert-OH is 1. The summed E-state index contributed by atoms with van der Waals surface area (Å²) in [5.74, 6) is 0.601. The molecule has 2 rings (SSSR count). The molecule has 0 bridgehead atoms. The van der Waals surface area contributed by atoms with Crippen LogP contribution in [0.25, 0.3) is 5.95 Å². The molecule has 0 saturated heterocycles. The fraction of sp³-hybridized carbons (Fsp3) is 0.500. The van der Waals surface area contributed by atoms with Crippen molar-refractivity contribution in [3.8, 4) is 5.95 Å².